The van der Waals surface area contributed by atoms with E-state index in [4.69, 9.17) is 4.74 Å². The van der Waals surface area contributed by atoms with Crippen LogP contribution in [0.2, 0.25) is 0 Å². The highest BCUT2D eigenvalue weighted by molar-refractivity contribution is 8.00. The number of thioether (sulfide) groups is 1. The molecule has 0 N–H and O–H groups in total. The van der Waals surface area contributed by atoms with Gasteiger partial charge >= 0.3 is 0 Å². The zero-order valence-corrected chi connectivity index (χ0v) is 14.6. The number of carbonyl (C=O) groups is 1. The van der Waals surface area contributed by atoms with Crippen LogP contribution in [0, 0.1) is 0 Å². The molecule has 0 radical (unpaired) electrons. The van der Waals surface area contributed by atoms with Crippen LogP contribution in [-0.2, 0) is 11.8 Å². The molecule has 25 heavy (non-hydrogen) atoms. The third-order valence-corrected chi connectivity index (χ3v) is 5.77. The Labute approximate surface area is 149 Å². The molecule has 3 aromatic rings. The van der Waals surface area contributed by atoms with Crippen molar-refractivity contribution in [1.29, 1.82) is 0 Å². The van der Waals surface area contributed by atoms with Crippen molar-refractivity contribution in [3.63, 3.8) is 0 Å². The van der Waals surface area contributed by atoms with Gasteiger partial charge in [-0.1, -0.05) is 36.4 Å². The number of hydrogen-bond acceptors (Lipinski definition) is 4. The Morgan fingerprint density at radius 2 is 1.88 bits per heavy atom. The first kappa shape index (κ1) is 16.0. The highest BCUT2D eigenvalue weighted by Crippen LogP contribution is 2.42. The number of ether oxygens (including phenoxy) is 1. The fourth-order valence-electron chi connectivity index (χ4n) is 3.23. The Kier molecular flexibility index (Phi) is 4.09. The van der Waals surface area contributed by atoms with Crippen LogP contribution in [0.15, 0.2) is 64.3 Å². The number of nitrogens with zero attached hydrogens (tertiary/aromatic N) is 1. The Balaban J connectivity index is 1.67. The van der Waals surface area contributed by atoms with E-state index in [2.05, 4.69) is 0 Å². The molecule has 0 amide bonds. The summed E-state index contributed by atoms with van der Waals surface area (Å²) in [6.07, 6.45) is 0. The van der Waals surface area contributed by atoms with Crippen molar-refractivity contribution >= 4 is 28.4 Å². The number of benzene rings is 2. The average Bonchev–Trinajstić information content (AvgIpc) is 3.10. The second-order valence-corrected chi connectivity index (χ2v) is 7.09. The first-order valence-electron chi connectivity index (χ1n) is 8.12. The molecular weight excluding hydrogens is 334 g/mol. The number of carbonyl (C=O) groups excluding carboxylic acids is 1. The SMILES string of the molecule is Cn1c(=O)c2c(c3ccccc31)SCC2C(=O)COc1ccccc1. The van der Waals surface area contributed by atoms with Crippen molar-refractivity contribution in [3.8, 4) is 5.75 Å². The maximum absolute atomic E-state index is 12.8. The molecule has 5 heteroatoms. The van der Waals surface area contributed by atoms with Crippen molar-refractivity contribution in [2.75, 3.05) is 12.4 Å². The molecule has 0 spiro atoms. The Morgan fingerprint density at radius 1 is 1.16 bits per heavy atom. The summed E-state index contributed by atoms with van der Waals surface area (Å²) >= 11 is 1.59. The molecule has 0 saturated carbocycles. The first-order chi connectivity index (χ1) is 12.2. The van der Waals surface area contributed by atoms with Crippen LogP contribution in [0.1, 0.15) is 11.5 Å². The van der Waals surface area contributed by atoms with E-state index in [1.165, 1.54) is 0 Å². The van der Waals surface area contributed by atoms with Gasteiger partial charge in [0.05, 0.1) is 11.4 Å². The predicted octanol–water partition coefficient (Wildman–Crippen LogP) is 3.38. The number of aryl methyl sites for hydroxylation is 1. The van der Waals surface area contributed by atoms with Gasteiger partial charge in [0.2, 0.25) is 0 Å². The summed E-state index contributed by atoms with van der Waals surface area (Å²) in [6.45, 7) is -0.0232. The second-order valence-electron chi connectivity index (χ2n) is 6.06. The number of rotatable bonds is 4. The van der Waals surface area contributed by atoms with Gasteiger partial charge in [-0.25, -0.2) is 0 Å². The predicted molar refractivity (Wildman–Crippen MR) is 99.6 cm³/mol. The largest absolute Gasteiger partial charge is 0.486 e. The minimum atomic E-state index is -0.410. The second kappa shape index (κ2) is 6.41. The van der Waals surface area contributed by atoms with Gasteiger partial charge in [0.1, 0.15) is 12.4 Å². The lowest BCUT2D eigenvalue weighted by atomic mass is 9.96. The van der Waals surface area contributed by atoms with E-state index >= 15 is 0 Å². The van der Waals surface area contributed by atoms with Crippen LogP contribution in [-0.4, -0.2) is 22.7 Å². The average molecular weight is 351 g/mol. The molecule has 0 saturated heterocycles. The van der Waals surface area contributed by atoms with Crippen molar-refractivity contribution in [2.24, 2.45) is 7.05 Å². The molecule has 2 aromatic carbocycles. The zero-order chi connectivity index (χ0) is 17.4. The van der Waals surface area contributed by atoms with Gasteiger partial charge in [-0.05, 0) is 18.2 Å². The highest BCUT2D eigenvalue weighted by Gasteiger charge is 2.34. The summed E-state index contributed by atoms with van der Waals surface area (Å²) in [4.78, 5) is 26.5. The summed E-state index contributed by atoms with van der Waals surface area (Å²) in [6, 6.07) is 17.1. The Bertz CT molecular complexity index is 1010. The standard InChI is InChI=1S/C20H17NO3S/c1-21-16-10-6-5-9-14(16)19-18(20(21)23)15(12-25-19)17(22)11-24-13-7-3-2-4-8-13/h2-10,15H,11-12H2,1H3. The molecule has 1 aromatic heterocycles. The molecule has 4 nitrogen and oxygen atoms in total. The maximum Gasteiger partial charge on any atom is 0.255 e. The summed E-state index contributed by atoms with van der Waals surface area (Å²) in [5.41, 5.74) is 1.43. The number of ketones is 1. The van der Waals surface area contributed by atoms with Gasteiger partial charge in [0.15, 0.2) is 5.78 Å². The molecule has 4 rings (SSSR count). The lowest BCUT2D eigenvalue weighted by molar-refractivity contribution is -0.122. The van der Waals surface area contributed by atoms with E-state index < -0.39 is 5.92 Å². The number of Topliss-reactive ketones (excluding diaryl/α,β-unsaturated/α-hetero) is 1. The topological polar surface area (TPSA) is 48.3 Å². The minimum absolute atomic E-state index is 0.0232. The van der Waals surface area contributed by atoms with Gasteiger partial charge in [0.25, 0.3) is 5.56 Å². The highest BCUT2D eigenvalue weighted by atomic mass is 32.2. The van der Waals surface area contributed by atoms with Crippen molar-refractivity contribution < 1.29 is 9.53 Å². The normalized spacial score (nSPS) is 16.0. The molecule has 2 heterocycles. The number of fused-ring (bicyclic) bond motifs is 3. The smallest absolute Gasteiger partial charge is 0.255 e. The van der Waals surface area contributed by atoms with E-state index in [1.807, 2.05) is 54.6 Å². The molecule has 1 atom stereocenters. The van der Waals surface area contributed by atoms with Gasteiger partial charge in [-0.15, -0.1) is 11.8 Å². The van der Waals surface area contributed by atoms with Crippen LogP contribution in [0.5, 0.6) is 5.75 Å². The molecule has 1 unspecified atom stereocenters. The lowest BCUT2D eigenvalue weighted by Crippen LogP contribution is -2.28. The maximum atomic E-state index is 12.8. The van der Waals surface area contributed by atoms with Crippen LogP contribution in [0.4, 0.5) is 0 Å². The summed E-state index contributed by atoms with van der Waals surface area (Å²) < 4.78 is 7.22. The monoisotopic (exact) mass is 351 g/mol. The minimum Gasteiger partial charge on any atom is -0.486 e. The van der Waals surface area contributed by atoms with Gasteiger partial charge in [-0.3, -0.25) is 9.59 Å². The third kappa shape index (κ3) is 2.74. The molecule has 126 valence electrons. The molecule has 0 aliphatic carbocycles. The summed E-state index contributed by atoms with van der Waals surface area (Å²) in [7, 11) is 1.76. The fourth-order valence-corrected chi connectivity index (χ4v) is 4.63. The number of pyridine rings is 1. The number of aromatic nitrogens is 1. The van der Waals surface area contributed by atoms with Crippen molar-refractivity contribution in [1.82, 2.24) is 4.57 Å². The van der Waals surface area contributed by atoms with Crippen molar-refractivity contribution in [2.45, 2.75) is 10.8 Å². The molecule has 1 aliphatic heterocycles. The van der Waals surface area contributed by atoms with Crippen LogP contribution in [0.25, 0.3) is 10.9 Å². The molecule has 0 bridgehead atoms. The van der Waals surface area contributed by atoms with Gasteiger partial charge in [0, 0.05) is 28.6 Å². The van der Waals surface area contributed by atoms with E-state index in [1.54, 1.807) is 23.4 Å². The third-order valence-electron chi connectivity index (χ3n) is 4.55. The molecule has 0 fully saturated rings. The summed E-state index contributed by atoms with van der Waals surface area (Å²) in [5.74, 6) is 0.790. The van der Waals surface area contributed by atoms with Crippen LogP contribution < -0.4 is 10.3 Å². The number of para-hydroxylation sites is 2. The molecule has 1 aliphatic rings. The van der Waals surface area contributed by atoms with E-state index in [0.29, 0.717) is 17.1 Å². The van der Waals surface area contributed by atoms with Crippen LogP contribution >= 0.6 is 11.8 Å². The quantitative estimate of drug-likeness (QED) is 0.723. The van der Waals surface area contributed by atoms with Gasteiger partial charge < -0.3 is 9.30 Å². The van der Waals surface area contributed by atoms with Gasteiger partial charge in [-0.2, -0.15) is 0 Å². The fraction of sp³-hybridized carbons (Fsp3) is 0.200. The Hall–Kier alpha value is -2.53. The van der Waals surface area contributed by atoms with E-state index in [0.717, 1.165) is 15.8 Å². The van der Waals surface area contributed by atoms with E-state index in [9.17, 15) is 9.59 Å². The summed E-state index contributed by atoms with van der Waals surface area (Å²) in [5, 5.41) is 1.03. The Morgan fingerprint density at radius 3 is 2.68 bits per heavy atom. The molecular formula is C20H17NO3S. The van der Waals surface area contributed by atoms with Crippen LogP contribution in [0.3, 0.4) is 0 Å². The van der Waals surface area contributed by atoms with Crippen molar-refractivity contribution in [3.05, 3.63) is 70.5 Å². The van der Waals surface area contributed by atoms with E-state index in [-0.39, 0.29) is 17.9 Å². The number of hydrogen-bond donors (Lipinski definition) is 0. The lowest BCUT2D eigenvalue weighted by Gasteiger charge is -2.13. The zero-order valence-electron chi connectivity index (χ0n) is 13.8. The first-order valence-corrected chi connectivity index (χ1v) is 9.10.